The monoisotopic (exact) mass is 505 g/mol. The van der Waals surface area contributed by atoms with Gasteiger partial charge in [0.1, 0.15) is 6.04 Å². The van der Waals surface area contributed by atoms with Gasteiger partial charge in [-0.2, -0.15) is 0 Å². The van der Waals surface area contributed by atoms with Crippen LogP contribution in [0.15, 0.2) is 73.1 Å². The number of anilines is 1. The van der Waals surface area contributed by atoms with E-state index in [-0.39, 0.29) is 9.26 Å². The summed E-state index contributed by atoms with van der Waals surface area (Å²) in [4.78, 5) is 28.3. The van der Waals surface area contributed by atoms with Crippen molar-refractivity contribution < 1.29 is 19.1 Å². The van der Waals surface area contributed by atoms with Crippen molar-refractivity contribution in [3.05, 3.63) is 93.6 Å². The number of hydrogen-bond donors (Lipinski definition) is 3. The molecule has 2 aromatic carbocycles. The Morgan fingerprint density at radius 3 is 2.03 bits per heavy atom. The predicted molar refractivity (Wildman–Crippen MR) is 115 cm³/mol. The van der Waals surface area contributed by atoms with Crippen molar-refractivity contribution in [1.82, 2.24) is 10.3 Å². The van der Waals surface area contributed by atoms with Crippen molar-refractivity contribution >= 4 is 40.3 Å². The lowest BCUT2D eigenvalue weighted by molar-refractivity contribution is -0.118. The van der Waals surface area contributed by atoms with Gasteiger partial charge in [0.25, 0.3) is 0 Å². The number of benzene rings is 2. The summed E-state index contributed by atoms with van der Waals surface area (Å²) in [5.74, 6) is -1.78. The largest absolute Gasteiger partial charge is 0.465 e. The Labute approximate surface area is 180 Å². The fourth-order valence-corrected chi connectivity index (χ4v) is 3.46. The maximum absolute atomic E-state index is 13.8. The number of rotatable bonds is 6. The van der Waals surface area contributed by atoms with Gasteiger partial charge in [0, 0.05) is 5.92 Å². The lowest BCUT2D eigenvalue weighted by atomic mass is 9.84. The van der Waals surface area contributed by atoms with Crippen LogP contribution >= 0.6 is 22.6 Å². The molecule has 8 heteroatoms. The standard InChI is InChI=1S/C21H17FIN3O3/c22-15-11-24-12-16(18(15)23)25-20(27)19(26-21(28)29)17(13-7-3-1-4-8-13)14-9-5-2-6-10-14/h1-12,17,19,26H,(H,25,27)(H,28,29). The van der Waals surface area contributed by atoms with E-state index in [1.54, 1.807) is 22.6 Å². The Bertz CT molecular complexity index is 963. The highest BCUT2D eigenvalue weighted by molar-refractivity contribution is 14.1. The first-order chi connectivity index (χ1) is 14.0. The highest BCUT2D eigenvalue weighted by Gasteiger charge is 2.33. The van der Waals surface area contributed by atoms with Gasteiger partial charge in [-0.05, 0) is 33.7 Å². The molecule has 1 heterocycles. The van der Waals surface area contributed by atoms with E-state index in [0.717, 1.165) is 17.3 Å². The number of carboxylic acid groups (broad SMARTS) is 1. The number of hydrogen-bond acceptors (Lipinski definition) is 3. The summed E-state index contributed by atoms with van der Waals surface area (Å²) in [6, 6.07) is 17.1. The molecule has 29 heavy (non-hydrogen) atoms. The minimum absolute atomic E-state index is 0.174. The van der Waals surface area contributed by atoms with Crippen LogP contribution in [-0.2, 0) is 4.79 Å². The molecule has 0 aliphatic carbocycles. The third-order valence-corrected chi connectivity index (χ3v) is 5.40. The third kappa shape index (κ3) is 5.08. The van der Waals surface area contributed by atoms with E-state index >= 15 is 0 Å². The molecule has 0 saturated carbocycles. The average Bonchev–Trinajstić information content (AvgIpc) is 2.72. The van der Waals surface area contributed by atoms with Crippen molar-refractivity contribution in [2.45, 2.75) is 12.0 Å². The van der Waals surface area contributed by atoms with Gasteiger partial charge in [0.15, 0.2) is 5.82 Å². The maximum Gasteiger partial charge on any atom is 0.405 e. The van der Waals surface area contributed by atoms with Crippen LogP contribution in [0.1, 0.15) is 17.0 Å². The van der Waals surface area contributed by atoms with Crippen LogP contribution in [0.4, 0.5) is 14.9 Å². The molecule has 2 amide bonds. The molecule has 148 valence electrons. The molecule has 0 fully saturated rings. The van der Waals surface area contributed by atoms with Crippen LogP contribution in [0, 0.1) is 9.39 Å². The van der Waals surface area contributed by atoms with Crippen molar-refractivity contribution in [3.63, 3.8) is 0 Å². The van der Waals surface area contributed by atoms with E-state index in [0.29, 0.717) is 0 Å². The number of amides is 2. The van der Waals surface area contributed by atoms with Crippen molar-refractivity contribution in [2.24, 2.45) is 0 Å². The summed E-state index contributed by atoms with van der Waals surface area (Å²) in [5.41, 5.74) is 1.70. The second kappa shape index (κ2) is 9.46. The molecule has 3 rings (SSSR count). The second-order valence-corrected chi connectivity index (χ2v) is 7.28. The van der Waals surface area contributed by atoms with Gasteiger partial charge in [-0.15, -0.1) is 0 Å². The van der Waals surface area contributed by atoms with Gasteiger partial charge in [0.2, 0.25) is 5.91 Å². The first-order valence-corrected chi connectivity index (χ1v) is 9.74. The van der Waals surface area contributed by atoms with Gasteiger partial charge in [-0.1, -0.05) is 60.7 Å². The lowest BCUT2D eigenvalue weighted by Gasteiger charge is -2.27. The number of nitrogens with one attached hydrogen (secondary N) is 2. The quantitative estimate of drug-likeness (QED) is 0.438. The summed E-state index contributed by atoms with van der Waals surface area (Å²) in [6.45, 7) is 0. The van der Waals surface area contributed by atoms with E-state index in [4.69, 9.17) is 0 Å². The summed E-state index contributed by atoms with van der Waals surface area (Å²) < 4.78 is 14.0. The Kier molecular flexibility index (Phi) is 6.76. The molecule has 1 unspecified atom stereocenters. The zero-order valence-electron chi connectivity index (χ0n) is 15.0. The fourth-order valence-electron chi connectivity index (χ4n) is 3.05. The Morgan fingerprint density at radius 1 is 0.966 bits per heavy atom. The molecule has 3 N–H and O–H groups in total. The molecule has 0 aliphatic heterocycles. The minimum Gasteiger partial charge on any atom is -0.465 e. The van der Waals surface area contributed by atoms with E-state index in [9.17, 15) is 19.1 Å². The molecule has 3 aromatic rings. The van der Waals surface area contributed by atoms with Gasteiger partial charge in [-0.25, -0.2) is 9.18 Å². The van der Waals surface area contributed by atoms with E-state index < -0.39 is 29.8 Å². The summed E-state index contributed by atoms with van der Waals surface area (Å²) in [7, 11) is 0. The molecule has 0 saturated heterocycles. The number of carbonyl (C=O) groups is 2. The summed E-state index contributed by atoms with van der Waals surface area (Å²) >= 11 is 1.76. The fraction of sp³-hybridized carbons (Fsp3) is 0.0952. The van der Waals surface area contributed by atoms with Crippen LogP contribution in [0.2, 0.25) is 0 Å². The number of pyridine rings is 1. The number of aromatic nitrogens is 1. The molecule has 0 spiro atoms. The van der Waals surface area contributed by atoms with Crippen molar-refractivity contribution in [1.29, 1.82) is 0 Å². The van der Waals surface area contributed by atoms with E-state index in [2.05, 4.69) is 15.6 Å². The molecule has 1 atom stereocenters. The lowest BCUT2D eigenvalue weighted by Crippen LogP contribution is -2.47. The average molecular weight is 505 g/mol. The van der Waals surface area contributed by atoms with Crippen LogP contribution in [0.25, 0.3) is 0 Å². The second-order valence-electron chi connectivity index (χ2n) is 6.20. The molecule has 0 radical (unpaired) electrons. The van der Waals surface area contributed by atoms with Gasteiger partial charge in [0.05, 0.1) is 21.7 Å². The highest BCUT2D eigenvalue weighted by Crippen LogP contribution is 2.29. The first kappa shape index (κ1) is 20.7. The Hall–Kier alpha value is -3.01. The number of halogens is 2. The summed E-state index contributed by atoms with van der Waals surface area (Å²) in [5, 5.41) is 14.3. The Balaban J connectivity index is 2.03. The zero-order valence-corrected chi connectivity index (χ0v) is 17.2. The molecule has 1 aromatic heterocycles. The molecule has 0 aliphatic rings. The van der Waals surface area contributed by atoms with Crippen LogP contribution in [0.3, 0.4) is 0 Å². The van der Waals surface area contributed by atoms with Gasteiger partial charge in [-0.3, -0.25) is 9.78 Å². The van der Waals surface area contributed by atoms with Crippen LogP contribution in [-0.4, -0.2) is 28.1 Å². The topological polar surface area (TPSA) is 91.3 Å². The SMILES string of the molecule is O=C(O)NC(C(=O)Nc1cncc(F)c1I)C(c1ccccc1)c1ccccc1. The normalized spacial score (nSPS) is 11.7. The van der Waals surface area contributed by atoms with Gasteiger partial charge < -0.3 is 15.7 Å². The number of carbonyl (C=O) groups excluding carboxylic acids is 1. The molecule has 0 bridgehead atoms. The first-order valence-electron chi connectivity index (χ1n) is 8.66. The Morgan fingerprint density at radius 2 is 1.52 bits per heavy atom. The van der Waals surface area contributed by atoms with Crippen LogP contribution < -0.4 is 10.6 Å². The van der Waals surface area contributed by atoms with Crippen LogP contribution in [0.5, 0.6) is 0 Å². The minimum atomic E-state index is -1.34. The number of nitrogens with zero attached hydrogens (tertiary/aromatic N) is 1. The van der Waals surface area contributed by atoms with E-state index in [1.165, 1.54) is 6.20 Å². The summed E-state index contributed by atoms with van der Waals surface area (Å²) in [6.07, 6.45) is 1.02. The molecule has 6 nitrogen and oxygen atoms in total. The van der Waals surface area contributed by atoms with Gasteiger partial charge >= 0.3 is 6.09 Å². The smallest absolute Gasteiger partial charge is 0.405 e. The molecular formula is C21H17FIN3O3. The van der Waals surface area contributed by atoms with Crippen molar-refractivity contribution in [3.8, 4) is 0 Å². The molecular weight excluding hydrogens is 488 g/mol. The third-order valence-electron chi connectivity index (χ3n) is 4.31. The predicted octanol–water partition coefficient (Wildman–Crippen LogP) is 4.23. The highest BCUT2D eigenvalue weighted by atomic mass is 127. The zero-order chi connectivity index (χ0) is 20.8. The van der Waals surface area contributed by atoms with E-state index in [1.807, 2.05) is 60.7 Å². The van der Waals surface area contributed by atoms with Crippen molar-refractivity contribution in [2.75, 3.05) is 5.32 Å². The maximum atomic E-state index is 13.8.